The number of primary amides is 1. The molecular formula is C24H49N9O4. The van der Waals surface area contributed by atoms with E-state index in [4.69, 9.17) is 28.7 Å². The summed E-state index contributed by atoms with van der Waals surface area (Å²) in [5.74, 6) is -2.66. The van der Waals surface area contributed by atoms with Crippen LogP contribution in [0, 0.1) is 11.8 Å². The van der Waals surface area contributed by atoms with Gasteiger partial charge in [-0.05, 0) is 50.5 Å². The summed E-state index contributed by atoms with van der Waals surface area (Å²) in [6, 6.07) is -3.56. The van der Waals surface area contributed by atoms with Gasteiger partial charge in [-0.15, -0.1) is 0 Å². The van der Waals surface area contributed by atoms with E-state index in [2.05, 4.69) is 20.9 Å². The zero-order valence-corrected chi connectivity index (χ0v) is 22.8. The minimum absolute atomic E-state index is 0.0378. The van der Waals surface area contributed by atoms with Gasteiger partial charge in [-0.3, -0.25) is 24.2 Å². The first kappa shape index (κ1) is 34.1. The van der Waals surface area contributed by atoms with E-state index in [-0.39, 0.29) is 17.8 Å². The van der Waals surface area contributed by atoms with Gasteiger partial charge in [0, 0.05) is 6.54 Å². The van der Waals surface area contributed by atoms with Crippen LogP contribution < -0.4 is 44.6 Å². The number of nitrogens with two attached hydrogens (primary N) is 5. The Bertz CT molecular complexity index is 759. The highest BCUT2D eigenvalue weighted by atomic mass is 16.2. The molecule has 0 aromatic carbocycles. The number of hydrogen-bond donors (Lipinski definition) is 8. The average molecular weight is 528 g/mol. The maximum absolute atomic E-state index is 13.3. The SMILES string of the molecule is CC[C@H](C)[C@H](NC(=O)[C@@H](NC(=O)[C@@H](N)CCCN=C(N)N)[C@@H](C)CC)C(=O)N[C@@H](CCCCN)C(N)=O. The van der Waals surface area contributed by atoms with Crippen molar-refractivity contribution in [3.8, 4) is 0 Å². The van der Waals surface area contributed by atoms with E-state index < -0.39 is 47.8 Å². The summed E-state index contributed by atoms with van der Waals surface area (Å²) in [4.78, 5) is 54.9. The first-order chi connectivity index (χ1) is 17.4. The Morgan fingerprint density at radius 3 is 1.73 bits per heavy atom. The van der Waals surface area contributed by atoms with Crippen molar-refractivity contribution in [2.24, 2.45) is 45.5 Å². The summed E-state index contributed by atoms with van der Waals surface area (Å²) in [6.45, 7) is 8.23. The van der Waals surface area contributed by atoms with Crippen LogP contribution in [0.25, 0.3) is 0 Å². The van der Waals surface area contributed by atoms with E-state index in [1.54, 1.807) is 0 Å². The second-order valence-electron chi connectivity index (χ2n) is 9.55. The topological polar surface area (TPSA) is 247 Å². The van der Waals surface area contributed by atoms with Gasteiger partial charge in [-0.2, -0.15) is 0 Å². The normalized spacial score (nSPS) is 15.8. The van der Waals surface area contributed by atoms with Crippen LogP contribution in [0.2, 0.25) is 0 Å². The van der Waals surface area contributed by atoms with Crippen LogP contribution in [0.3, 0.4) is 0 Å². The molecule has 0 unspecified atom stereocenters. The number of aliphatic imine (C=N–C) groups is 1. The van der Waals surface area contributed by atoms with Crippen molar-refractivity contribution in [2.45, 2.75) is 96.8 Å². The van der Waals surface area contributed by atoms with E-state index in [1.807, 2.05) is 27.7 Å². The highest BCUT2D eigenvalue weighted by molar-refractivity contribution is 5.94. The first-order valence-electron chi connectivity index (χ1n) is 13.1. The highest BCUT2D eigenvalue weighted by Gasteiger charge is 2.34. The van der Waals surface area contributed by atoms with Crippen molar-refractivity contribution in [1.82, 2.24) is 16.0 Å². The lowest BCUT2D eigenvalue weighted by Crippen LogP contribution is -2.60. The third kappa shape index (κ3) is 13.3. The molecule has 0 aliphatic rings. The summed E-state index contributed by atoms with van der Waals surface area (Å²) in [6.07, 6.45) is 3.68. The van der Waals surface area contributed by atoms with E-state index in [0.29, 0.717) is 58.0 Å². The fourth-order valence-electron chi connectivity index (χ4n) is 3.60. The lowest BCUT2D eigenvalue weighted by molar-refractivity contribution is -0.135. The summed E-state index contributed by atoms with van der Waals surface area (Å²) in [7, 11) is 0. The van der Waals surface area contributed by atoms with Crippen LogP contribution in [0.5, 0.6) is 0 Å². The van der Waals surface area contributed by atoms with Crippen molar-refractivity contribution >= 4 is 29.6 Å². The molecule has 6 atom stereocenters. The number of hydrogen-bond acceptors (Lipinski definition) is 7. The first-order valence-corrected chi connectivity index (χ1v) is 13.1. The molecule has 13 heteroatoms. The van der Waals surface area contributed by atoms with Gasteiger partial charge >= 0.3 is 0 Å². The number of guanidine groups is 1. The third-order valence-electron chi connectivity index (χ3n) is 6.50. The van der Waals surface area contributed by atoms with Gasteiger partial charge in [0.05, 0.1) is 6.04 Å². The second-order valence-corrected chi connectivity index (χ2v) is 9.55. The van der Waals surface area contributed by atoms with Crippen LogP contribution in [-0.2, 0) is 19.2 Å². The molecule has 37 heavy (non-hydrogen) atoms. The molecule has 0 fully saturated rings. The molecule has 0 aliphatic carbocycles. The van der Waals surface area contributed by atoms with E-state index in [1.165, 1.54) is 0 Å². The Morgan fingerprint density at radius 2 is 1.27 bits per heavy atom. The summed E-state index contributed by atoms with van der Waals surface area (Å²) in [5, 5.41) is 8.18. The van der Waals surface area contributed by atoms with Gasteiger partial charge in [0.15, 0.2) is 5.96 Å². The second kappa shape index (κ2) is 18.3. The summed E-state index contributed by atoms with van der Waals surface area (Å²) < 4.78 is 0. The van der Waals surface area contributed by atoms with Crippen LogP contribution in [0.15, 0.2) is 4.99 Å². The molecule has 13 N–H and O–H groups in total. The van der Waals surface area contributed by atoms with Gasteiger partial charge in [-0.1, -0.05) is 40.5 Å². The molecule has 0 saturated carbocycles. The molecule has 0 rings (SSSR count). The fraction of sp³-hybridized carbons (Fsp3) is 0.792. The third-order valence-corrected chi connectivity index (χ3v) is 6.50. The van der Waals surface area contributed by atoms with Gasteiger partial charge in [0.1, 0.15) is 18.1 Å². The Labute approximate surface area is 220 Å². The molecule has 0 aliphatic heterocycles. The predicted molar refractivity (Wildman–Crippen MR) is 145 cm³/mol. The molecule has 0 spiro atoms. The van der Waals surface area contributed by atoms with E-state index in [0.717, 1.165) is 0 Å². The fourth-order valence-corrected chi connectivity index (χ4v) is 3.60. The standard InChI is InChI=1S/C24H49N9O4/c1-5-14(3)18(22(36)31-17(20(27)34)11-7-8-12-25)33-23(37)19(15(4)6-2)32-21(35)16(26)10-9-13-30-24(28)29/h14-19H,5-13,25-26H2,1-4H3,(H2,27,34)(H,31,36)(H,32,35)(H,33,37)(H4,28,29,30)/t14-,15-,16-,17-,18-,19-/m0/s1. The molecule has 0 radical (unpaired) electrons. The molecule has 0 aromatic heterocycles. The molecule has 4 amide bonds. The molecule has 0 bridgehead atoms. The van der Waals surface area contributed by atoms with E-state index >= 15 is 0 Å². The van der Waals surface area contributed by atoms with Crippen LogP contribution in [0.4, 0.5) is 0 Å². The lowest BCUT2D eigenvalue weighted by Gasteiger charge is -2.30. The van der Waals surface area contributed by atoms with Crippen molar-refractivity contribution < 1.29 is 19.2 Å². The van der Waals surface area contributed by atoms with Gasteiger partial charge in [0.2, 0.25) is 23.6 Å². The smallest absolute Gasteiger partial charge is 0.243 e. The van der Waals surface area contributed by atoms with Crippen LogP contribution in [0.1, 0.15) is 72.6 Å². The highest BCUT2D eigenvalue weighted by Crippen LogP contribution is 2.13. The quantitative estimate of drug-likeness (QED) is 0.0558. The molecule has 0 aromatic rings. The Hall–Kier alpha value is -2.93. The maximum Gasteiger partial charge on any atom is 0.243 e. The molecular weight excluding hydrogens is 478 g/mol. The largest absolute Gasteiger partial charge is 0.370 e. The molecule has 0 saturated heterocycles. The maximum atomic E-state index is 13.3. The van der Waals surface area contributed by atoms with Gasteiger partial charge < -0.3 is 44.6 Å². The van der Waals surface area contributed by atoms with Gasteiger partial charge in [-0.25, -0.2) is 0 Å². The van der Waals surface area contributed by atoms with Gasteiger partial charge in [0.25, 0.3) is 0 Å². The minimum atomic E-state index is -0.925. The summed E-state index contributed by atoms with van der Waals surface area (Å²) >= 11 is 0. The van der Waals surface area contributed by atoms with Crippen LogP contribution >= 0.6 is 0 Å². The molecule has 214 valence electrons. The number of carbonyl (C=O) groups excluding carboxylic acids is 4. The Morgan fingerprint density at radius 1 is 0.757 bits per heavy atom. The zero-order valence-electron chi connectivity index (χ0n) is 22.8. The average Bonchev–Trinajstić information content (AvgIpc) is 2.85. The molecule has 13 nitrogen and oxygen atoms in total. The Kier molecular flexibility index (Phi) is 16.9. The molecule has 0 heterocycles. The number of nitrogens with zero attached hydrogens (tertiary/aromatic N) is 1. The minimum Gasteiger partial charge on any atom is -0.370 e. The van der Waals surface area contributed by atoms with Crippen LogP contribution in [-0.4, -0.2) is 66.8 Å². The zero-order chi connectivity index (χ0) is 28.5. The predicted octanol–water partition coefficient (Wildman–Crippen LogP) is -1.47. The van der Waals surface area contributed by atoms with Crippen molar-refractivity contribution in [3.63, 3.8) is 0 Å². The lowest BCUT2D eigenvalue weighted by atomic mass is 9.94. The van der Waals surface area contributed by atoms with E-state index in [9.17, 15) is 19.2 Å². The number of rotatable bonds is 19. The van der Waals surface area contributed by atoms with Crippen molar-refractivity contribution in [1.29, 1.82) is 0 Å². The summed E-state index contributed by atoms with van der Waals surface area (Å²) in [5.41, 5.74) is 27.6. The number of nitrogens with one attached hydrogen (secondary N) is 3. The monoisotopic (exact) mass is 527 g/mol. The number of amides is 4. The Balaban J connectivity index is 5.46. The number of unbranched alkanes of at least 4 members (excludes halogenated alkanes) is 1. The van der Waals surface area contributed by atoms with Crippen molar-refractivity contribution in [2.75, 3.05) is 13.1 Å². The van der Waals surface area contributed by atoms with Crippen molar-refractivity contribution in [3.05, 3.63) is 0 Å². The number of carbonyl (C=O) groups is 4.